The standard InChI is InChI=1S/C98H122N7O8P/c1-7-11-15-19-23-27-31-35-39-49-67-71-59-72-68(50-40-36-32-28-24-20-16-12-8-2)74-61-76-70(52-42-38-34-30-26-22-18-14-10-4)78-62-77-69(51-41-37-33-29-25-21-17-13-9-3)75-60-73(67)87-63-85(71)106-93-94(100-80-54-44-43-53-79(80)99-93)107-86(72)64-88(74)109-96-98(104-84-58-48-46-56-82(84)102-96)111-90(76)66-92(78)113-114(105(5)6)112-91(77)65-89(75)110-97-95(108-87)101-81-55-45-47-57-83(81)103-97/h43-48,53-58,63-66H,7-42,49-52,59-62H2,1-6H3. The summed E-state index contributed by atoms with van der Waals surface area (Å²) in [5.41, 5.74) is 17.8. The van der Waals surface area contributed by atoms with Gasteiger partial charge in [-0.15, -0.1) is 0 Å². The number of para-hydroxylation sites is 6. The van der Waals surface area contributed by atoms with Gasteiger partial charge in [0, 0.05) is 94.5 Å². The van der Waals surface area contributed by atoms with Crippen LogP contribution in [0.2, 0.25) is 0 Å². The Hall–Kier alpha value is -8.65. The Morgan fingerprint density at radius 3 is 0.614 bits per heavy atom. The van der Waals surface area contributed by atoms with Gasteiger partial charge in [-0.25, -0.2) is 34.6 Å². The first kappa shape index (κ1) is 80.5. The second-order valence-corrected chi connectivity index (χ2v) is 34.7. The average Bonchev–Trinajstić information content (AvgIpc) is 1.44. The van der Waals surface area contributed by atoms with Gasteiger partial charge in [0.2, 0.25) is 0 Å². The summed E-state index contributed by atoms with van der Waals surface area (Å²) in [7, 11) is 2.31. The molecular formula is C98H122N7O8P. The van der Waals surface area contributed by atoms with E-state index in [0.717, 1.165) is 146 Å². The molecule has 7 heterocycles. The van der Waals surface area contributed by atoms with Gasteiger partial charge in [0.1, 0.15) is 46.0 Å². The summed E-state index contributed by atoms with van der Waals surface area (Å²) >= 11 is 0. The summed E-state index contributed by atoms with van der Waals surface area (Å²) in [4.78, 5) is 32.3. The van der Waals surface area contributed by atoms with Crippen molar-refractivity contribution in [2.24, 2.45) is 0 Å². The van der Waals surface area contributed by atoms with Crippen molar-refractivity contribution in [1.29, 1.82) is 0 Å². The second-order valence-electron chi connectivity index (χ2n) is 33.1. The van der Waals surface area contributed by atoms with Gasteiger partial charge < -0.3 is 37.5 Å². The Labute approximate surface area is 679 Å². The van der Waals surface area contributed by atoms with Crippen LogP contribution in [0, 0.1) is 0 Å². The average molecular weight is 1560 g/mol. The lowest BCUT2D eigenvalue weighted by molar-refractivity contribution is 0.381. The smallest absolute Gasteiger partial charge is 0.384 e. The van der Waals surface area contributed by atoms with Crippen LogP contribution < -0.4 is 37.5 Å². The van der Waals surface area contributed by atoms with E-state index in [1.807, 2.05) is 72.8 Å². The molecule has 3 aromatic heterocycles. The van der Waals surface area contributed by atoms with Gasteiger partial charge in [-0.1, -0.05) is 270 Å². The summed E-state index contributed by atoms with van der Waals surface area (Å²) in [5, 5.41) is 0. The van der Waals surface area contributed by atoms with E-state index in [1.54, 1.807) is 0 Å². The van der Waals surface area contributed by atoms with E-state index in [0.29, 0.717) is 93.3 Å². The van der Waals surface area contributed by atoms with E-state index in [4.69, 9.17) is 67.4 Å². The molecule has 8 bridgehead atoms. The van der Waals surface area contributed by atoms with Crippen molar-refractivity contribution in [2.75, 3.05) is 14.1 Å². The molecule has 114 heavy (non-hydrogen) atoms. The highest BCUT2D eigenvalue weighted by Crippen LogP contribution is 2.57. The van der Waals surface area contributed by atoms with Gasteiger partial charge >= 0.3 is 8.53 Å². The molecule has 602 valence electrons. The molecule has 5 aliphatic rings. The maximum atomic E-state index is 7.64. The molecule has 16 heteroatoms. The fourth-order valence-corrected chi connectivity index (χ4v) is 19.0. The van der Waals surface area contributed by atoms with Crippen LogP contribution in [0.4, 0.5) is 0 Å². The zero-order valence-corrected chi connectivity index (χ0v) is 70.1. The maximum absolute atomic E-state index is 7.64. The number of benzene rings is 7. The second kappa shape index (κ2) is 39.8. The maximum Gasteiger partial charge on any atom is 0.384 e. The summed E-state index contributed by atoms with van der Waals surface area (Å²) in [5.74, 6) is 6.92. The topological polar surface area (TPSA) is 154 Å². The molecular weight excluding hydrogens is 1430 g/mol. The third kappa shape index (κ3) is 19.4. The van der Waals surface area contributed by atoms with Crippen LogP contribution in [0.25, 0.3) is 33.1 Å². The minimum absolute atomic E-state index is 0.246. The number of aromatic nitrogens is 6. The van der Waals surface area contributed by atoms with E-state index in [1.165, 1.54) is 189 Å². The molecule has 10 aromatic rings. The van der Waals surface area contributed by atoms with Crippen molar-refractivity contribution in [2.45, 2.75) is 310 Å². The summed E-state index contributed by atoms with van der Waals surface area (Å²) < 4.78 is 63.1. The Morgan fingerprint density at radius 1 is 0.246 bits per heavy atom. The van der Waals surface area contributed by atoms with Crippen LogP contribution in [-0.2, 0) is 51.4 Å². The van der Waals surface area contributed by atoms with Crippen molar-refractivity contribution in [3.8, 4) is 81.3 Å². The molecule has 15 nitrogen and oxygen atoms in total. The van der Waals surface area contributed by atoms with Crippen LogP contribution in [0.1, 0.15) is 326 Å². The van der Waals surface area contributed by atoms with Gasteiger partial charge in [0.25, 0.3) is 35.3 Å². The van der Waals surface area contributed by atoms with Crippen molar-refractivity contribution < 1.29 is 37.5 Å². The Morgan fingerprint density at radius 2 is 0.421 bits per heavy atom. The third-order valence-electron chi connectivity index (χ3n) is 24.3. The Kier molecular flexibility index (Phi) is 28.1. The summed E-state index contributed by atoms with van der Waals surface area (Å²) in [6.07, 6.45) is 48.2. The first-order valence-electron chi connectivity index (χ1n) is 44.6. The number of hydrogen-bond acceptors (Lipinski definition) is 15. The van der Waals surface area contributed by atoms with Gasteiger partial charge in [-0.3, -0.25) is 0 Å². The van der Waals surface area contributed by atoms with Gasteiger partial charge in [-0.2, -0.15) is 0 Å². The molecule has 1 aliphatic carbocycles. The van der Waals surface area contributed by atoms with Crippen molar-refractivity contribution >= 4 is 41.6 Å². The highest BCUT2D eigenvalue weighted by molar-refractivity contribution is 7.45. The molecule has 7 aromatic carbocycles. The van der Waals surface area contributed by atoms with Crippen LogP contribution in [0.15, 0.2) is 97.1 Å². The van der Waals surface area contributed by atoms with Gasteiger partial charge in [-0.05, 0) is 124 Å². The number of hydrogen-bond donors (Lipinski definition) is 0. The lowest BCUT2D eigenvalue weighted by Crippen LogP contribution is -2.19. The summed E-state index contributed by atoms with van der Waals surface area (Å²) in [6, 6.07) is 32.6. The quantitative estimate of drug-likeness (QED) is 0.0263. The van der Waals surface area contributed by atoms with E-state index in [9.17, 15) is 0 Å². The third-order valence-corrected chi connectivity index (χ3v) is 25.7. The van der Waals surface area contributed by atoms with E-state index >= 15 is 0 Å². The normalized spacial score (nSPS) is 13.6. The lowest BCUT2D eigenvalue weighted by Gasteiger charge is -2.32. The zero-order chi connectivity index (χ0) is 78.0. The molecule has 4 aliphatic heterocycles. The van der Waals surface area contributed by atoms with Crippen LogP contribution >= 0.6 is 8.53 Å². The highest BCUT2D eigenvalue weighted by atomic mass is 31.2. The lowest BCUT2D eigenvalue weighted by atomic mass is 9.80. The van der Waals surface area contributed by atoms with Gasteiger partial charge in [0.15, 0.2) is 0 Å². The predicted octanol–water partition coefficient (Wildman–Crippen LogP) is 28.7. The largest absolute Gasteiger partial charge is 0.434 e. The first-order valence-corrected chi connectivity index (χ1v) is 45.7. The van der Waals surface area contributed by atoms with E-state index in [-0.39, 0.29) is 35.3 Å². The highest BCUT2D eigenvalue weighted by Gasteiger charge is 2.39. The molecule has 15 rings (SSSR count). The molecule has 0 atom stereocenters. The predicted molar refractivity (Wildman–Crippen MR) is 462 cm³/mol. The SMILES string of the molecule is CCCCCCCCCCCc1c2c3cc4c1Cc1c(cc5c(c1CCCCCCCCCCC)Cc1c(cc6c(c1CCCCCCCCCCC)Cc1c(cc(c(c1CCCCCCCCCCC)C2)Oc1nc2ccccc2nc1O3)Oc1nc2ccccc2nc1O6)OP(N(C)C)O5)Oc1nc2ccccc2nc1O4. The molecule has 0 unspecified atom stereocenters. The van der Waals surface area contributed by atoms with Gasteiger partial charge in [0.05, 0.1) is 33.1 Å². The van der Waals surface area contributed by atoms with E-state index < -0.39 is 8.53 Å². The number of ether oxygens (including phenoxy) is 6. The molecule has 0 spiro atoms. The first-order chi connectivity index (χ1) is 56.2. The summed E-state index contributed by atoms with van der Waals surface area (Å²) in [6.45, 7) is 9.21. The molecule has 0 fully saturated rings. The Balaban J connectivity index is 1.03. The minimum atomic E-state index is -1.82. The van der Waals surface area contributed by atoms with E-state index in [2.05, 4.69) is 70.7 Å². The fraction of sp³-hybridized carbons (Fsp3) is 0.510. The van der Waals surface area contributed by atoms with Crippen molar-refractivity contribution in [3.05, 3.63) is 164 Å². The number of rotatable bonds is 41. The molecule has 0 N–H and O–H groups in total. The molecule has 0 saturated carbocycles. The number of nitrogens with zero attached hydrogens (tertiary/aromatic N) is 7. The molecule has 0 saturated heterocycles. The van der Waals surface area contributed by atoms with Crippen LogP contribution in [0.5, 0.6) is 81.3 Å². The number of fused-ring (bicyclic) bond motifs is 6. The zero-order valence-electron chi connectivity index (χ0n) is 69.2. The van der Waals surface area contributed by atoms with Crippen LogP contribution in [0.3, 0.4) is 0 Å². The molecule has 0 radical (unpaired) electrons. The minimum Gasteiger partial charge on any atom is -0.434 e. The van der Waals surface area contributed by atoms with Crippen molar-refractivity contribution in [1.82, 2.24) is 34.6 Å². The molecule has 0 amide bonds. The fourth-order valence-electron chi connectivity index (χ4n) is 18.0. The van der Waals surface area contributed by atoms with Crippen LogP contribution in [-0.4, -0.2) is 48.7 Å². The number of unbranched alkanes of at least 4 members (excludes halogenated alkanes) is 32. The monoisotopic (exact) mass is 1560 g/mol. The Bertz CT molecular complexity index is 4650. The van der Waals surface area contributed by atoms with Crippen molar-refractivity contribution in [3.63, 3.8) is 0 Å².